The Balaban J connectivity index is 2.07. The van der Waals surface area contributed by atoms with Gasteiger partial charge in [0.1, 0.15) is 4.90 Å². The summed E-state index contributed by atoms with van der Waals surface area (Å²) in [6, 6.07) is 1.11. The summed E-state index contributed by atoms with van der Waals surface area (Å²) < 4.78 is 41.9. The molecule has 0 aromatic heterocycles. The molecule has 0 spiro atoms. The summed E-state index contributed by atoms with van der Waals surface area (Å²) in [4.78, 5) is 36.9. The van der Waals surface area contributed by atoms with E-state index < -0.39 is 40.5 Å². The van der Waals surface area contributed by atoms with Gasteiger partial charge in [0.2, 0.25) is 0 Å². The molecule has 3 rings (SSSR count). The highest BCUT2D eigenvalue weighted by molar-refractivity contribution is 7.90. The lowest BCUT2D eigenvalue weighted by molar-refractivity contribution is -0.139. The van der Waals surface area contributed by atoms with Crippen LogP contribution in [0.4, 0.5) is 4.79 Å². The maximum Gasteiger partial charge on any atom is 0.337 e. The lowest BCUT2D eigenvalue weighted by Crippen LogP contribution is -2.51. The van der Waals surface area contributed by atoms with Gasteiger partial charge < -0.3 is 24.8 Å². The number of fused-ring (bicyclic) bond motifs is 1. The molecule has 2 heterocycles. The van der Waals surface area contributed by atoms with Gasteiger partial charge in [-0.05, 0) is 19.9 Å². The van der Waals surface area contributed by atoms with Gasteiger partial charge in [0.25, 0.3) is 15.9 Å². The van der Waals surface area contributed by atoms with Crippen molar-refractivity contribution >= 4 is 27.9 Å². The van der Waals surface area contributed by atoms with Crippen LogP contribution in [0, 0.1) is 0 Å². The van der Waals surface area contributed by atoms with Crippen molar-refractivity contribution in [1.82, 2.24) is 14.9 Å². The summed E-state index contributed by atoms with van der Waals surface area (Å²) in [5.74, 6) is -1.21. The summed E-state index contributed by atoms with van der Waals surface area (Å²) in [7, 11) is -1.56. The van der Waals surface area contributed by atoms with Crippen molar-refractivity contribution in [3.63, 3.8) is 0 Å². The van der Waals surface area contributed by atoms with E-state index in [0.29, 0.717) is 4.31 Å². The third kappa shape index (κ3) is 3.43. The second-order valence-corrected chi connectivity index (χ2v) is 8.28. The van der Waals surface area contributed by atoms with Gasteiger partial charge in [-0.15, -0.1) is 0 Å². The van der Waals surface area contributed by atoms with Crippen molar-refractivity contribution in [2.75, 3.05) is 27.4 Å². The van der Waals surface area contributed by atoms with E-state index in [9.17, 15) is 22.8 Å². The number of carbonyl (C=O) groups is 3. The number of rotatable bonds is 6. The number of carbonyl (C=O) groups excluding carboxylic acids is 3. The molecule has 1 aromatic rings. The molecule has 11 nitrogen and oxygen atoms in total. The molecule has 2 aliphatic heterocycles. The Labute approximate surface area is 173 Å². The minimum Gasteiger partial charge on any atom is -0.493 e. The molecular weight excluding hydrogens is 418 g/mol. The Morgan fingerprint density at radius 2 is 1.80 bits per heavy atom. The molecule has 0 aliphatic carbocycles. The zero-order valence-corrected chi connectivity index (χ0v) is 17.6. The van der Waals surface area contributed by atoms with E-state index in [0.717, 1.165) is 0 Å². The number of sulfonamides is 1. The van der Waals surface area contributed by atoms with Gasteiger partial charge in [0.05, 0.1) is 50.2 Å². The number of hydrogen-bond donors (Lipinski definition) is 2. The topological polar surface area (TPSA) is 140 Å². The molecule has 0 fully saturated rings. The number of esters is 1. The van der Waals surface area contributed by atoms with Crippen molar-refractivity contribution < 1.29 is 37.0 Å². The Morgan fingerprint density at radius 3 is 2.40 bits per heavy atom. The molecule has 30 heavy (non-hydrogen) atoms. The first-order valence-electron chi connectivity index (χ1n) is 8.96. The third-order valence-corrected chi connectivity index (χ3v) is 6.45. The highest BCUT2D eigenvalue weighted by Crippen LogP contribution is 2.39. The zero-order valence-electron chi connectivity index (χ0n) is 16.8. The highest BCUT2D eigenvalue weighted by Gasteiger charge is 2.44. The van der Waals surface area contributed by atoms with Gasteiger partial charge in [0.15, 0.2) is 11.5 Å². The second-order valence-electron chi connectivity index (χ2n) is 6.45. The van der Waals surface area contributed by atoms with E-state index in [2.05, 4.69) is 10.6 Å². The number of urea groups is 1. The quantitative estimate of drug-likeness (QED) is 0.606. The number of nitrogens with zero attached hydrogens (tertiary/aromatic N) is 1. The summed E-state index contributed by atoms with van der Waals surface area (Å²) in [5, 5.41) is 4.92. The van der Waals surface area contributed by atoms with E-state index in [4.69, 9.17) is 14.2 Å². The van der Waals surface area contributed by atoms with Crippen LogP contribution in [0.3, 0.4) is 0 Å². The lowest BCUT2D eigenvalue weighted by atomic mass is 10.0. The van der Waals surface area contributed by atoms with Crippen molar-refractivity contribution in [3.05, 3.63) is 29.0 Å². The largest absolute Gasteiger partial charge is 0.493 e. The fraction of sp³-hybridized carbons (Fsp3) is 0.389. The van der Waals surface area contributed by atoms with Crippen LogP contribution in [0.2, 0.25) is 0 Å². The number of ether oxygens (including phenoxy) is 3. The fourth-order valence-electron chi connectivity index (χ4n) is 3.31. The average molecular weight is 439 g/mol. The number of amides is 3. The maximum absolute atomic E-state index is 13.0. The molecule has 162 valence electrons. The summed E-state index contributed by atoms with van der Waals surface area (Å²) in [6.07, 6.45) is 0. The van der Waals surface area contributed by atoms with E-state index in [-0.39, 0.29) is 39.8 Å². The SMILES string of the molecule is CCOC(=O)C1=C(CN2C(=O)c3cc(OC)c(OC)cc3S2(=O)=O)NC(=O)NC1C. The molecule has 0 bridgehead atoms. The van der Waals surface area contributed by atoms with Crippen molar-refractivity contribution in [1.29, 1.82) is 0 Å². The molecule has 3 amide bonds. The highest BCUT2D eigenvalue weighted by atomic mass is 32.2. The molecule has 0 saturated carbocycles. The van der Waals surface area contributed by atoms with E-state index in [1.807, 2.05) is 0 Å². The normalized spacial score (nSPS) is 19.7. The smallest absolute Gasteiger partial charge is 0.337 e. The first kappa shape index (κ1) is 21.4. The molecule has 0 radical (unpaired) electrons. The standard InChI is InChI=1S/C18H21N3O8S/c1-5-29-17(23)15-9(2)19-18(24)20-11(15)8-21-16(22)10-6-12(27-3)13(28-4)7-14(10)30(21,25)26/h6-7,9H,5,8H2,1-4H3,(H2,19,20,24). The first-order chi connectivity index (χ1) is 14.1. The lowest BCUT2D eigenvalue weighted by Gasteiger charge is -2.28. The molecule has 1 atom stereocenters. The van der Waals surface area contributed by atoms with Crippen LogP contribution in [0.15, 0.2) is 28.3 Å². The summed E-state index contributed by atoms with van der Waals surface area (Å²) in [5.41, 5.74) is -0.0989. The predicted octanol–water partition coefficient (Wildman–Crippen LogP) is 0.367. The third-order valence-electron chi connectivity index (χ3n) is 4.68. The molecule has 12 heteroatoms. The van der Waals surface area contributed by atoms with Crippen molar-refractivity contribution in [2.24, 2.45) is 0 Å². The van der Waals surface area contributed by atoms with Gasteiger partial charge in [-0.1, -0.05) is 0 Å². The predicted molar refractivity (Wildman–Crippen MR) is 103 cm³/mol. The fourth-order valence-corrected chi connectivity index (χ4v) is 4.84. The summed E-state index contributed by atoms with van der Waals surface area (Å²) in [6.45, 7) is 2.70. The van der Waals surface area contributed by atoms with Gasteiger partial charge >= 0.3 is 12.0 Å². The summed E-state index contributed by atoms with van der Waals surface area (Å²) >= 11 is 0. The van der Waals surface area contributed by atoms with Gasteiger partial charge in [-0.3, -0.25) is 4.79 Å². The molecule has 1 aromatic carbocycles. The van der Waals surface area contributed by atoms with E-state index in [1.54, 1.807) is 13.8 Å². The average Bonchev–Trinajstić information content (AvgIpc) is 2.86. The van der Waals surface area contributed by atoms with Crippen molar-refractivity contribution in [3.8, 4) is 11.5 Å². The van der Waals surface area contributed by atoms with Gasteiger partial charge in [-0.25, -0.2) is 22.3 Å². The molecule has 2 aliphatic rings. The molecule has 0 saturated heterocycles. The van der Waals surface area contributed by atoms with Crippen molar-refractivity contribution in [2.45, 2.75) is 24.8 Å². The van der Waals surface area contributed by atoms with E-state index in [1.165, 1.54) is 26.4 Å². The number of nitrogens with one attached hydrogen (secondary N) is 2. The van der Waals surface area contributed by atoms with Crippen LogP contribution < -0.4 is 20.1 Å². The molecule has 1 unspecified atom stereocenters. The number of methoxy groups -OCH3 is 2. The second kappa shape index (κ2) is 7.86. The van der Waals surface area contributed by atoms with Gasteiger partial charge in [0, 0.05) is 6.07 Å². The number of benzene rings is 1. The Bertz CT molecular complexity index is 1060. The van der Waals surface area contributed by atoms with Crippen LogP contribution in [0.5, 0.6) is 11.5 Å². The maximum atomic E-state index is 13.0. The van der Waals surface area contributed by atoms with Crippen LogP contribution in [0.1, 0.15) is 24.2 Å². The minimum absolute atomic E-state index is 0.0329. The van der Waals surface area contributed by atoms with Crippen LogP contribution in [-0.4, -0.2) is 64.0 Å². The molecule has 2 N–H and O–H groups in total. The molecular formula is C18H21N3O8S. The zero-order chi connectivity index (χ0) is 22.2. The van der Waals surface area contributed by atoms with Crippen LogP contribution in [-0.2, 0) is 19.6 Å². The van der Waals surface area contributed by atoms with Crippen LogP contribution in [0.25, 0.3) is 0 Å². The number of hydrogen-bond acceptors (Lipinski definition) is 8. The Kier molecular flexibility index (Phi) is 5.61. The Hall–Kier alpha value is -3.28. The first-order valence-corrected chi connectivity index (χ1v) is 10.4. The monoisotopic (exact) mass is 439 g/mol. The van der Waals surface area contributed by atoms with Gasteiger partial charge in [-0.2, -0.15) is 0 Å². The minimum atomic E-state index is -4.26. The van der Waals surface area contributed by atoms with Crippen LogP contribution >= 0.6 is 0 Å². The Morgan fingerprint density at radius 1 is 1.17 bits per heavy atom. The van der Waals surface area contributed by atoms with E-state index >= 15 is 0 Å².